The molecule has 7 nitrogen and oxygen atoms in total. The Morgan fingerprint density at radius 1 is 1.06 bits per heavy atom. The van der Waals surface area contributed by atoms with E-state index in [9.17, 15) is 4.79 Å². The molecule has 1 amide bonds. The molecule has 3 aromatic heterocycles. The number of para-hydroxylation sites is 1. The molecule has 0 atom stereocenters. The number of benzene rings is 2. The molecule has 5 aromatic rings. The van der Waals surface area contributed by atoms with Gasteiger partial charge in [-0.2, -0.15) is 5.26 Å². The summed E-state index contributed by atoms with van der Waals surface area (Å²) in [5.41, 5.74) is 7.05. The van der Waals surface area contributed by atoms with E-state index in [2.05, 4.69) is 21.7 Å². The number of imidazole rings is 1. The number of hydrogen-bond acceptors (Lipinski definition) is 6. The topological polar surface area (TPSA) is 95.1 Å². The van der Waals surface area contributed by atoms with Gasteiger partial charge in [0.05, 0.1) is 23.0 Å². The fourth-order valence-corrected chi connectivity index (χ4v) is 4.43. The SMILES string of the molecule is Cc1ccccc1NC(=O)c1ccc(Nc2nc(-c3c(C)nc4cc(C#N)ccn34)cs2)cc1. The van der Waals surface area contributed by atoms with E-state index in [4.69, 9.17) is 10.2 Å². The second-order valence-corrected chi connectivity index (χ2v) is 8.67. The Labute approximate surface area is 200 Å². The fourth-order valence-electron chi connectivity index (χ4n) is 3.72. The van der Waals surface area contributed by atoms with E-state index in [1.165, 1.54) is 11.3 Å². The zero-order valence-electron chi connectivity index (χ0n) is 18.5. The van der Waals surface area contributed by atoms with Crippen molar-refractivity contribution in [1.82, 2.24) is 14.4 Å². The summed E-state index contributed by atoms with van der Waals surface area (Å²) in [5.74, 6) is -0.153. The van der Waals surface area contributed by atoms with Crippen LogP contribution in [0.15, 0.2) is 72.2 Å². The first-order valence-corrected chi connectivity index (χ1v) is 11.5. The monoisotopic (exact) mass is 464 g/mol. The van der Waals surface area contributed by atoms with Crippen LogP contribution >= 0.6 is 11.3 Å². The number of amides is 1. The van der Waals surface area contributed by atoms with Gasteiger partial charge >= 0.3 is 0 Å². The number of nitrogens with one attached hydrogen (secondary N) is 2. The Bertz CT molecular complexity index is 1560. The number of pyridine rings is 1. The van der Waals surface area contributed by atoms with Gasteiger partial charge in [0.15, 0.2) is 5.13 Å². The maximum Gasteiger partial charge on any atom is 0.255 e. The van der Waals surface area contributed by atoms with E-state index in [0.717, 1.165) is 39.2 Å². The van der Waals surface area contributed by atoms with E-state index in [1.54, 1.807) is 24.3 Å². The van der Waals surface area contributed by atoms with Gasteiger partial charge in [0.2, 0.25) is 0 Å². The third kappa shape index (κ3) is 4.12. The van der Waals surface area contributed by atoms with Crippen molar-refractivity contribution in [2.45, 2.75) is 13.8 Å². The molecule has 34 heavy (non-hydrogen) atoms. The van der Waals surface area contributed by atoms with Crippen LogP contribution in [-0.4, -0.2) is 20.3 Å². The number of nitrogens with zero attached hydrogens (tertiary/aromatic N) is 4. The molecule has 5 rings (SSSR count). The van der Waals surface area contributed by atoms with Gasteiger partial charge < -0.3 is 10.6 Å². The lowest BCUT2D eigenvalue weighted by atomic mass is 10.1. The normalized spacial score (nSPS) is 10.7. The van der Waals surface area contributed by atoms with Crippen molar-refractivity contribution in [3.05, 3.63) is 94.6 Å². The summed E-state index contributed by atoms with van der Waals surface area (Å²) in [7, 11) is 0. The van der Waals surface area contributed by atoms with Gasteiger partial charge in [-0.05, 0) is 61.9 Å². The number of carbonyl (C=O) groups is 1. The summed E-state index contributed by atoms with van der Waals surface area (Å²) < 4.78 is 1.94. The molecule has 166 valence electrons. The molecule has 3 heterocycles. The molecule has 8 heteroatoms. The minimum Gasteiger partial charge on any atom is -0.332 e. The third-order valence-corrected chi connectivity index (χ3v) is 6.23. The molecule has 0 saturated heterocycles. The second kappa shape index (κ2) is 8.81. The molecular weight excluding hydrogens is 444 g/mol. The summed E-state index contributed by atoms with van der Waals surface area (Å²) in [4.78, 5) is 21.9. The first-order valence-electron chi connectivity index (χ1n) is 10.6. The van der Waals surface area contributed by atoms with Crippen molar-refractivity contribution < 1.29 is 4.79 Å². The maximum atomic E-state index is 12.6. The van der Waals surface area contributed by atoms with Gasteiger partial charge in [0.1, 0.15) is 11.3 Å². The van der Waals surface area contributed by atoms with E-state index in [-0.39, 0.29) is 5.91 Å². The minimum atomic E-state index is -0.153. The first-order chi connectivity index (χ1) is 16.5. The Morgan fingerprint density at radius 2 is 1.85 bits per heavy atom. The predicted molar refractivity (Wildman–Crippen MR) is 135 cm³/mol. The van der Waals surface area contributed by atoms with E-state index in [1.807, 2.05) is 66.2 Å². The summed E-state index contributed by atoms with van der Waals surface area (Å²) in [6.45, 7) is 3.89. The van der Waals surface area contributed by atoms with Crippen molar-refractivity contribution in [3.8, 4) is 17.5 Å². The summed E-state index contributed by atoms with van der Waals surface area (Å²) in [5, 5.41) is 18.1. The highest BCUT2D eigenvalue weighted by Crippen LogP contribution is 2.30. The van der Waals surface area contributed by atoms with Crippen molar-refractivity contribution >= 4 is 39.4 Å². The van der Waals surface area contributed by atoms with Crippen molar-refractivity contribution in [3.63, 3.8) is 0 Å². The predicted octanol–water partition coefficient (Wildman–Crippen LogP) is 5.94. The van der Waals surface area contributed by atoms with Crippen LogP contribution in [0.5, 0.6) is 0 Å². The number of aryl methyl sites for hydroxylation is 2. The summed E-state index contributed by atoms with van der Waals surface area (Å²) >= 11 is 1.49. The van der Waals surface area contributed by atoms with Crippen LogP contribution in [0.1, 0.15) is 27.2 Å². The summed E-state index contributed by atoms with van der Waals surface area (Å²) in [6, 6.07) is 20.6. The van der Waals surface area contributed by atoms with Crippen LogP contribution in [-0.2, 0) is 0 Å². The highest BCUT2D eigenvalue weighted by molar-refractivity contribution is 7.14. The standard InChI is InChI=1S/C26H20N6OS/c1-16-5-3-4-6-21(16)30-25(33)19-7-9-20(10-8-19)29-26-31-22(15-34-26)24-17(2)28-23-13-18(14-27)11-12-32(23)24/h3-13,15H,1-2H3,(H,29,31)(H,30,33). The minimum absolute atomic E-state index is 0.153. The Morgan fingerprint density at radius 3 is 2.62 bits per heavy atom. The average molecular weight is 465 g/mol. The van der Waals surface area contributed by atoms with Crippen LogP contribution in [0, 0.1) is 25.2 Å². The van der Waals surface area contributed by atoms with Crippen molar-refractivity contribution in [2.24, 2.45) is 0 Å². The molecule has 0 aliphatic carbocycles. The van der Waals surface area contributed by atoms with E-state index < -0.39 is 0 Å². The second-order valence-electron chi connectivity index (χ2n) is 7.81. The fraction of sp³-hybridized carbons (Fsp3) is 0.0769. The van der Waals surface area contributed by atoms with Gasteiger partial charge in [-0.3, -0.25) is 9.20 Å². The Kier molecular flexibility index (Phi) is 5.54. The molecular formula is C26H20N6OS. The quantitative estimate of drug-likeness (QED) is 0.335. The lowest BCUT2D eigenvalue weighted by molar-refractivity contribution is 0.102. The molecule has 0 aliphatic rings. The number of anilines is 3. The van der Waals surface area contributed by atoms with Crippen LogP contribution in [0.4, 0.5) is 16.5 Å². The van der Waals surface area contributed by atoms with Crippen LogP contribution in [0.3, 0.4) is 0 Å². The molecule has 0 spiro atoms. The molecule has 0 saturated carbocycles. The van der Waals surface area contributed by atoms with Crippen molar-refractivity contribution in [1.29, 1.82) is 5.26 Å². The Hall–Kier alpha value is -4.48. The number of carbonyl (C=O) groups excluding carboxylic acids is 1. The van der Waals surface area contributed by atoms with Gasteiger partial charge in [-0.1, -0.05) is 18.2 Å². The number of hydrogen-bond donors (Lipinski definition) is 2. The van der Waals surface area contributed by atoms with E-state index in [0.29, 0.717) is 16.8 Å². The van der Waals surface area contributed by atoms with Gasteiger partial charge in [0, 0.05) is 28.5 Å². The highest BCUT2D eigenvalue weighted by Gasteiger charge is 2.15. The average Bonchev–Trinajstić information content (AvgIpc) is 3.43. The van der Waals surface area contributed by atoms with Gasteiger partial charge in [-0.15, -0.1) is 11.3 Å². The number of rotatable bonds is 5. The maximum absolute atomic E-state index is 12.6. The molecule has 0 fully saturated rings. The van der Waals surface area contributed by atoms with Gasteiger partial charge in [0.25, 0.3) is 5.91 Å². The number of nitriles is 1. The molecule has 0 aliphatic heterocycles. The smallest absolute Gasteiger partial charge is 0.255 e. The lowest BCUT2D eigenvalue weighted by Crippen LogP contribution is -2.12. The van der Waals surface area contributed by atoms with Gasteiger partial charge in [-0.25, -0.2) is 9.97 Å². The first kappa shape index (κ1) is 21.4. The molecule has 0 unspecified atom stereocenters. The third-order valence-electron chi connectivity index (χ3n) is 5.47. The van der Waals surface area contributed by atoms with Crippen molar-refractivity contribution in [2.75, 3.05) is 10.6 Å². The van der Waals surface area contributed by atoms with Crippen LogP contribution < -0.4 is 10.6 Å². The van der Waals surface area contributed by atoms with E-state index >= 15 is 0 Å². The van der Waals surface area contributed by atoms with Crippen LogP contribution in [0.2, 0.25) is 0 Å². The molecule has 0 bridgehead atoms. The zero-order valence-corrected chi connectivity index (χ0v) is 19.4. The molecule has 0 radical (unpaired) electrons. The largest absolute Gasteiger partial charge is 0.332 e. The Balaban J connectivity index is 1.32. The summed E-state index contributed by atoms with van der Waals surface area (Å²) in [6.07, 6.45) is 1.84. The number of aromatic nitrogens is 3. The number of thiazole rings is 1. The van der Waals surface area contributed by atoms with Crippen LogP contribution in [0.25, 0.3) is 17.0 Å². The zero-order chi connectivity index (χ0) is 23.7. The number of fused-ring (bicyclic) bond motifs is 1. The highest BCUT2D eigenvalue weighted by atomic mass is 32.1. The molecule has 2 aromatic carbocycles. The lowest BCUT2D eigenvalue weighted by Gasteiger charge is -2.09. The molecule has 2 N–H and O–H groups in total.